The van der Waals surface area contributed by atoms with E-state index in [1.54, 1.807) is 19.0 Å². The van der Waals surface area contributed by atoms with Gasteiger partial charge in [0.25, 0.3) is 0 Å². The molecule has 0 spiro atoms. The van der Waals surface area contributed by atoms with Gasteiger partial charge in [0.2, 0.25) is 0 Å². The fraction of sp³-hybridized carbons (Fsp3) is 0.455. The predicted octanol–water partition coefficient (Wildman–Crippen LogP) is 2.41. The van der Waals surface area contributed by atoms with Crippen LogP contribution in [-0.2, 0) is 6.18 Å². The zero-order valence-electron chi connectivity index (χ0n) is 9.55. The molecule has 0 radical (unpaired) electrons. The highest BCUT2D eigenvalue weighted by Gasteiger charge is 2.34. The lowest BCUT2D eigenvalue weighted by molar-refractivity contribution is -0.140. The van der Waals surface area contributed by atoms with Gasteiger partial charge in [-0.05, 0) is 31.8 Å². The second-order valence-corrected chi connectivity index (χ2v) is 4.11. The summed E-state index contributed by atoms with van der Waals surface area (Å²) in [7, 11) is 3.52. The van der Waals surface area contributed by atoms with Gasteiger partial charge in [-0.2, -0.15) is 13.2 Å². The first-order valence-electron chi connectivity index (χ1n) is 4.98. The van der Waals surface area contributed by atoms with Crippen LogP contribution in [-0.4, -0.2) is 25.5 Å². The summed E-state index contributed by atoms with van der Waals surface area (Å²) >= 11 is 0. The standard InChI is InChI=1S/C11H14F4N2/c1-17(2)6-10(16)7-3-4-9(12)8(5-7)11(13,14)15/h3-5,10H,6,16H2,1-2H3/t10-/m1/s1. The number of halogens is 4. The van der Waals surface area contributed by atoms with Gasteiger partial charge in [0.05, 0.1) is 5.56 Å². The zero-order valence-corrected chi connectivity index (χ0v) is 9.55. The molecular weight excluding hydrogens is 236 g/mol. The average molecular weight is 250 g/mol. The van der Waals surface area contributed by atoms with E-state index in [0.29, 0.717) is 6.54 Å². The van der Waals surface area contributed by atoms with Crippen molar-refractivity contribution in [3.63, 3.8) is 0 Å². The number of nitrogens with zero attached hydrogens (tertiary/aromatic N) is 1. The summed E-state index contributed by atoms with van der Waals surface area (Å²) in [6.45, 7) is 0.392. The van der Waals surface area contributed by atoms with Crippen molar-refractivity contribution in [1.29, 1.82) is 0 Å². The predicted molar refractivity (Wildman–Crippen MR) is 56.9 cm³/mol. The molecule has 0 heterocycles. The highest BCUT2D eigenvalue weighted by molar-refractivity contribution is 5.29. The van der Waals surface area contributed by atoms with E-state index in [-0.39, 0.29) is 5.56 Å². The van der Waals surface area contributed by atoms with Crippen LogP contribution in [0.2, 0.25) is 0 Å². The number of likely N-dealkylation sites (N-methyl/N-ethyl adjacent to an activating group) is 1. The quantitative estimate of drug-likeness (QED) is 0.835. The van der Waals surface area contributed by atoms with E-state index in [1.807, 2.05) is 0 Å². The normalized spacial score (nSPS) is 14.1. The summed E-state index contributed by atoms with van der Waals surface area (Å²) in [6, 6.07) is 2.27. The third kappa shape index (κ3) is 3.67. The molecule has 0 fully saturated rings. The van der Waals surface area contributed by atoms with Crippen molar-refractivity contribution in [3.05, 3.63) is 35.1 Å². The third-order valence-electron chi connectivity index (χ3n) is 2.29. The monoisotopic (exact) mass is 250 g/mol. The Morgan fingerprint density at radius 2 is 1.88 bits per heavy atom. The number of rotatable bonds is 3. The summed E-state index contributed by atoms with van der Waals surface area (Å²) in [5.74, 6) is -1.28. The molecule has 6 heteroatoms. The molecule has 0 saturated carbocycles. The highest BCUT2D eigenvalue weighted by Crippen LogP contribution is 2.32. The van der Waals surface area contributed by atoms with Crippen LogP contribution < -0.4 is 5.73 Å². The molecule has 0 saturated heterocycles. The number of alkyl halides is 3. The average Bonchev–Trinajstić information content (AvgIpc) is 2.15. The molecule has 2 nitrogen and oxygen atoms in total. The van der Waals surface area contributed by atoms with Crippen molar-refractivity contribution in [1.82, 2.24) is 4.90 Å². The first-order chi connectivity index (χ1) is 7.71. The van der Waals surface area contributed by atoms with Crippen molar-refractivity contribution in [2.75, 3.05) is 20.6 Å². The number of hydrogen-bond acceptors (Lipinski definition) is 2. The Hall–Kier alpha value is -1.14. The van der Waals surface area contributed by atoms with Gasteiger partial charge in [-0.25, -0.2) is 4.39 Å². The van der Waals surface area contributed by atoms with Gasteiger partial charge in [-0.1, -0.05) is 6.07 Å². The van der Waals surface area contributed by atoms with Crippen LogP contribution in [0, 0.1) is 5.82 Å². The Kier molecular flexibility index (Phi) is 4.11. The minimum atomic E-state index is -4.70. The fourth-order valence-electron chi connectivity index (χ4n) is 1.49. The Balaban J connectivity index is 3.04. The first-order valence-corrected chi connectivity index (χ1v) is 4.98. The van der Waals surface area contributed by atoms with Crippen LogP contribution in [0.15, 0.2) is 18.2 Å². The zero-order chi connectivity index (χ0) is 13.2. The summed E-state index contributed by atoms with van der Waals surface area (Å²) in [4.78, 5) is 1.75. The Labute approximate surface area is 97.0 Å². The number of benzene rings is 1. The Morgan fingerprint density at radius 3 is 2.35 bits per heavy atom. The minimum absolute atomic E-state index is 0.271. The van der Waals surface area contributed by atoms with E-state index in [9.17, 15) is 17.6 Å². The maximum absolute atomic E-state index is 13.0. The number of hydrogen-bond donors (Lipinski definition) is 1. The molecule has 96 valence electrons. The van der Waals surface area contributed by atoms with Gasteiger partial charge < -0.3 is 10.6 Å². The molecular formula is C11H14F4N2. The molecule has 0 bridgehead atoms. The smallest absolute Gasteiger partial charge is 0.323 e. The molecule has 0 aliphatic carbocycles. The summed E-state index contributed by atoms with van der Waals surface area (Å²) in [6.07, 6.45) is -4.70. The van der Waals surface area contributed by atoms with Gasteiger partial charge in [-0.15, -0.1) is 0 Å². The van der Waals surface area contributed by atoms with Crippen LogP contribution in [0.1, 0.15) is 17.2 Å². The van der Waals surface area contributed by atoms with Crippen molar-refractivity contribution < 1.29 is 17.6 Å². The van der Waals surface area contributed by atoms with Gasteiger partial charge in [0.15, 0.2) is 0 Å². The van der Waals surface area contributed by atoms with Crippen molar-refractivity contribution in [3.8, 4) is 0 Å². The Bertz CT molecular complexity index is 388. The molecule has 1 atom stereocenters. The highest BCUT2D eigenvalue weighted by atomic mass is 19.4. The molecule has 0 amide bonds. The van der Waals surface area contributed by atoms with Crippen LogP contribution in [0.3, 0.4) is 0 Å². The molecule has 1 rings (SSSR count). The van der Waals surface area contributed by atoms with Gasteiger partial charge in [-0.3, -0.25) is 0 Å². The molecule has 0 aromatic heterocycles. The maximum Gasteiger partial charge on any atom is 0.419 e. The molecule has 1 aromatic carbocycles. The lowest BCUT2D eigenvalue weighted by Gasteiger charge is -2.18. The van der Waals surface area contributed by atoms with Crippen LogP contribution in [0.4, 0.5) is 17.6 Å². The van der Waals surface area contributed by atoms with Gasteiger partial charge in [0.1, 0.15) is 5.82 Å². The summed E-state index contributed by atoms with van der Waals surface area (Å²) in [5, 5.41) is 0. The van der Waals surface area contributed by atoms with Crippen LogP contribution in [0.25, 0.3) is 0 Å². The molecule has 1 aromatic rings. The van der Waals surface area contributed by atoms with Crippen LogP contribution >= 0.6 is 0 Å². The minimum Gasteiger partial charge on any atom is -0.323 e. The summed E-state index contributed by atoms with van der Waals surface area (Å²) in [5.41, 5.74) is 4.72. The molecule has 2 N–H and O–H groups in total. The third-order valence-corrected chi connectivity index (χ3v) is 2.29. The second kappa shape index (κ2) is 5.01. The maximum atomic E-state index is 13.0. The summed E-state index contributed by atoms with van der Waals surface area (Å²) < 4.78 is 50.4. The molecule has 0 unspecified atom stereocenters. The fourth-order valence-corrected chi connectivity index (χ4v) is 1.49. The topological polar surface area (TPSA) is 29.3 Å². The van der Waals surface area contributed by atoms with E-state index in [1.165, 1.54) is 6.07 Å². The largest absolute Gasteiger partial charge is 0.419 e. The lowest BCUT2D eigenvalue weighted by atomic mass is 10.0. The van der Waals surface area contributed by atoms with Gasteiger partial charge in [0, 0.05) is 12.6 Å². The lowest BCUT2D eigenvalue weighted by Crippen LogP contribution is -2.26. The van der Waals surface area contributed by atoms with E-state index in [2.05, 4.69) is 0 Å². The first kappa shape index (κ1) is 13.9. The number of nitrogens with two attached hydrogens (primary N) is 1. The van der Waals surface area contributed by atoms with Crippen molar-refractivity contribution in [2.24, 2.45) is 5.73 Å². The SMILES string of the molecule is CN(C)C[C@@H](N)c1ccc(F)c(C(F)(F)F)c1. The Morgan fingerprint density at radius 1 is 1.29 bits per heavy atom. The van der Waals surface area contributed by atoms with Crippen LogP contribution in [0.5, 0.6) is 0 Å². The van der Waals surface area contributed by atoms with E-state index in [0.717, 1.165) is 12.1 Å². The van der Waals surface area contributed by atoms with Crippen molar-refractivity contribution >= 4 is 0 Å². The van der Waals surface area contributed by atoms with E-state index in [4.69, 9.17) is 5.73 Å². The molecule has 0 aliphatic heterocycles. The molecule has 17 heavy (non-hydrogen) atoms. The van der Waals surface area contributed by atoms with E-state index >= 15 is 0 Å². The van der Waals surface area contributed by atoms with Crippen molar-refractivity contribution in [2.45, 2.75) is 12.2 Å². The second-order valence-electron chi connectivity index (χ2n) is 4.11. The van der Waals surface area contributed by atoms with Gasteiger partial charge >= 0.3 is 6.18 Å². The molecule has 0 aliphatic rings. The van der Waals surface area contributed by atoms with E-state index < -0.39 is 23.6 Å².